The topological polar surface area (TPSA) is 52.0 Å². The lowest BCUT2D eigenvalue weighted by Gasteiger charge is -2.02. The second kappa shape index (κ2) is 4.15. The van der Waals surface area contributed by atoms with E-state index in [0.29, 0.717) is 11.8 Å². The molecule has 2 N–H and O–H groups in total. The Morgan fingerprint density at radius 2 is 2.62 bits per heavy atom. The monoisotopic (exact) mass is 198 g/mol. The van der Waals surface area contributed by atoms with Crippen LogP contribution in [-0.2, 0) is 13.0 Å². The van der Waals surface area contributed by atoms with Crippen molar-refractivity contribution in [1.82, 2.24) is 4.98 Å². The molecule has 4 heteroatoms. The molecule has 0 amide bonds. The first-order chi connectivity index (χ1) is 6.38. The fourth-order valence-electron chi connectivity index (χ4n) is 1.54. The number of thioether (sulfide) groups is 1. The first-order valence-corrected chi connectivity index (χ1v) is 5.68. The van der Waals surface area contributed by atoms with Crippen molar-refractivity contribution in [2.24, 2.45) is 5.73 Å². The molecular formula is C9H14N2OS. The zero-order valence-corrected chi connectivity index (χ0v) is 8.35. The summed E-state index contributed by atoms with van der Waals surface area (Å²) in [5, 5.41) is 0.712. The van der Waals surface area contributed by atoms with Crippen molar-refractivity contribution in [2.75, 3.05) is 5.75 Å². The zero-order valence-electron chi connectivity index (χ0n) is 7.53. The molecule has 0 spiro atoms. The van der Waals surface area contributed by atoms with Gasteiger partial charge in [0.1, 0.15) is 6.26 Å². The second-order valence-corrected chi connectivity index (χ2v) is 4.68. The summed E-state index contributed by atoms with van der Waals surface area (Å²) in [6, 6.07) is 0. The van der Waals surface area contributed by atoms with Gasteiger partial charge in [-0.25, -0.2) is 4.98 Å². The van der Waals surface area contributed by atoms with Gasteiger partial charge in [-0.1, -0.05) is 0 Å². The van der Waals surface area contributed by atoms with Gasteiger partial charge in [0.05, 0.1) is 5.69 Å². The van der Waals surface area contributed by atoms with E-state index in [2.05, 4.69) is 4.98 Å². The predicted octanol–water partition coefficient (Wildman–Crippen LogP) is 1.57. The Morgan fingerprint density at radius 3 is 3.23 bits per heavy atom. The first-order valence-electron chi connectivity index (χ1n) is 4.63. The van der Waals surface area contributed by atoms with Gasteiger partial charge in [0.15, 0.2) is 5.89 Å². The average Bonchev–Trinajstić information content (AvgIpc) is 2.76. The van der Waals surface area contributed by atoms with Crippen molar-refractivity contribution in [2.45, 2.75) is 31.1 Å². The van der Waals surface area contributed by atoms with E-state index in [1.54, 1.807) is 6.26 Å². The number of oxazole rings is 1. The maximum atomic E-state index is 5.44. The Hall–Kier alpha value is -0.480. The minimum atomic E-state index is 0.474. The summed E-state index contributed by atoms with van der Waals surface area (Å²) < 4.78 is 5.31. The number of rotatable bonds is 3. The van der Waals surface area contributed by atoms with Crippen molar-refractivity contribution >= 4 is 11.8 Å². The van der Waals surface area contributed by atoms with Crippen LogP contribution < -0.4 is 5.73 Å². The lowest BCUT2D eigenvalue weighted by atomic mass is 10.2. The molecule has 3 nitrogen and oxygen atoms in total. The summed E-state index contributed by atoms with van der Waals surface area (Å²) in [7, 11) is 0. The third-order valence-corrected chi connectivity index (χ3v) is 3.63. The van der Waals surface area contributed by atoms with Gasteiger partial charge < -0.3 is 10.2 Å². The number of nitrogens with zero attached hydrogens (tertiary/aromatic N) is 1. The Morgan fingerprint density at radius 1 is 1.69 bits per heavy atom. The van der Waals surface area contributed by atoms with E-state index in [1.807, 2.05) is 11.8 Å². The molecule has 1 aromatic rings. The third-order valence-electron chi connectivity index (χ3n) is 2.23. The van der Waals surface area contributed by atoms with E-state index < -0.39 is 0 Å². The lowest BCUT2D eigenvalue weighted by molar-refractivity contribution is 0.488. The van der Waals surface area contributed by atoms with Crippen LogP contribution in [0.4, 0.5) is 0 Å². The molecule has 1 atom stereocenters. The van der Waals surface area contributed by atoms with E-state index in [9.17, 15) is 0 Å². The van der Waals surface area contributed by atoms with Crippen LogP contribution in [0.5, 0.6) is 0 Å². The quantitative estimate of drug-likeness (QED) is 0.801. The summed E-state index contributed by atoms with van der Waals surface area (Å²) in [5.74, 6) is 2.13. The summed E-state index contributed by atoms with van der Waals surface area (Å²) >= 11 is 2.02. The van der Waals surface area contributed by atoms with Crippen LogP contribution in [-0.4, -0.2) is 16.0 Å². The number of nitrogens with two attached hydrogens (primary N) is 1. The molecule has 2 heterocycles. The van der Waals surface area contributed by atoms with Crippen LogP contribution >= 0.6 is 11.8 Å². The largest absolute Gasteiger partial charge is 0.449 e. The van der Waals surface area contributed by atoms with Crippen LogP contribution in [0.3, 0.4) is 0 Å². The van der Waals surface area contributed by atoms with Gasteiger partial charge in [-0.05, 0) is 18.6 Å². The van der Waals surface area contributed by atoms with Gasteiger partial charge >= 0.3 is 0 Å². The van der Waals surface area contributed by atoms with E-state index >= 15 is 0 Å². The van der Waals surface area contributed by atoms with Crippen LogP contribution in [0, 0.1) is 0 Å². The summed E-state index contributed by atoms with van der Waals surface area (Å²) in [6.07, 6.45) is 5.25. The highest BCUT2D eigenvalue weighted by Crippen LogP contribution is 2.28. The Labute approximate surface area is 82.1 Å². The summed E-state index contributed by atoms with van der Waals surface area (Å²) in [4.78, 5) is 4.29. The fraction of sp³-hybridized carbons (Fsp3) is 0.667. The van der Waals surface area contributed by atoms with E-state index in [0.717, 1.165) is 18.0 Å². The van der Waals surface area contributed by atoms with Gasteiger partial charge in [0.2, 0.25) is 0 Å². The molecule has 13 heavy (non-hydrogen) atoms. The van der Waals surface area contributed by atoms with Gasteiger partial charge in [-0.2, -0.15) is 11.8 Å². The van der Waals surface area contributed by atoms with Crippen molar-refractivity contribution in [3.63, 3.8) is 0 Å². The molecule has 0 saturated carbocycles. The molecule has 1 fully saturated rings. The van der Waals surface area contributed by atoms with Gasteiger partial charge in [-0.15, -0.1) is 0 Å². The van der Waals surface area contributed by atoms with Crippen molar-refractivity contribution in [3.05, 3.63) is 17.8 Å². The highest BCUT2D eigenvalue weighted by atomic mass is 32.2. The van der Waals surface area contributed by atoms with Gasteiger partial charge in [0.25, 0.3) is 0 Å². The highest BCUT2D eigenvalue weighted by Gasteiger charge is 2.18. The number of aromatic nitrogens is 1. The Bertz CT molecular complexity index is 268. The van der Waals surface area contributed by atoms with E-state index in [1.165, 1.54) is 18.6 Å². The molecule has 72 valence electrons. The van der Waals surface area contributed by atoms with Crippen LogP contribution in [0.25, 0.3) is 0 Å². The second-order valence-electron chi connectivity index (χ2n) is 3.28. The maximum absolute atomic E-state index is 5.44. The van der Waals surface area contributed by atoms with Crippen molar-refractivity contribution in [3.8, 4) is 0 Å². The van der Waals surface area contributed by atoms with Crippen LogP contribution in [0.15, 0.2) is 10.7 Å². The zero-order chi connectivity index (χ0) is 9.10. The molecule has 0 aliphatic carbocycles. The molecule has 1 aromatic heterocycles. The van der Waals surface area contributed by atoms with Gasteiger partial charge in [0, 0.05) is 18.2 Å². The molecule has 1 aliphatic heterocycles. The number of hydrogen-bond donors (Lipinski definition) is 1. The molecule has 0 bridgehead atoms. The highest BCUT2D eigenvalue weighted by molar-refractivity contribution is 8.00. The first kappa shape index (κ1) is 9.09. The average molecular weight is 198 g/mol. The molecule has 1 unspecified atom stereocenters. The SMILES string of the molecule is NCc1coc(CC2CCCS2)n1. The standard InChI is InChI=1S/C9H14N2OS/c10-5-7-6-12-9(11-7)4-8-2-1-3-13-8/h6,8H,1-5,10H2. The van der Waals surface area contributed by atoms with Crippen molar-refractivity contribution in [1.29, 1.82) is 0 Å². The molecule has 0 aromatic carbocycles. The number of hydrogen-bond acceptors (Lipinski definition) is 4. The molecule has 1 aliphatic rings. The molecular weight excluding hydrogens is 184 g/mol. The van der Waals surface area contributed by atoms with E-state index in [-0.39, 0.29) is 0 Å². The predicted molar refractivity (Wildman–Crippen MR) is 53.6 cm³/mol. The van der Waals surface area contributed by atoms with Crippen molar-refractivity contribution < 1.29 is 4.42 Å². The summed E-state index contributed by atoms with van der Waals surface area (Å²) in [5.41, 5.74) is 6.30. The lowest BCUT2D eigenvalue weighted by Crippen LogP contribution is -2.03. The molecule has 1 saturated heterocycles. The molecule has 0 radical (unpaired) electrons. The minimum absolute atomic E-state index is 0.474. The van der Waals surface area contributed by atoms with Gasteiger partial charge in [-0.3, -0.25) is 0 Å². The fourth-order valence-corrected chi connectivity index (χ4v) is 2.80. The van der Waals surface area contributed by atoms with E-state index in [4.69, 9.17) is 10.2 Å². The van der Waals surface area contributed by atoms with Crippen LogP contribution in [0.1, 0.15) is 24.4 Å². The van der Waals surface area contributed by atoms with Crippen LogP contribution in [0.2, 0.25) is 0 Å². The Kier molecular flexibility index (Phi) is 2.90. The maximum Gasteiger partial charge on any atom is 0.195 e. The smallest absolute Gasteiger partial charge is 0.195 e. The minimum Gasteiger partial charge on any atom is -0.449 e. The normalized spacial score (nSPS) is 22.4. The molecule has 2 rings (SSSR count). The Balaban J connectivity index is 1.92. The third kappa shape index (κ3) is 2.25. The summed E-state index contributed by atoms with van der Waals surface area (Å²) in [6.45, 7) is 0.474.